The minimum atomic E-state index is 0.0929. The molecule has 0 amide bonds. The molecule has 0 radical (unpaired) electrons. The van der Waals surface area contributed by atoms with Crippen molar-refractivity contribution in [1.29, 1.82) is 0 Å². The van der Waals surface area contributed by atoms with Crippen molar-refractivity contribution in [1.82, 2.24) is 0 Å². The lowest BCUT2D eigenvalue weighted by Crippen LogP contribution is -2.40. The van der Waals surface area contributed by atoms with E-state index in [1.807, 2.05) is 0 Å². The summed E-state index contributed by atoms with van der Waals surface area (Å²) in [4.78, 5) is 0. The summed E-state index contributed by atoms with van der Waals surface area (Å²) in [5.74, 6) is 0. The van der Waals surface area contributed by atoms with E-state index in [1.165, 1.54) is 36.8 Å². The van der Waals surface area contributed by atoms with Gasteiger partial charge < -0.3 is 0 Å². The molecule has 0 aromatic heterocycles. The van der Waals surface area contributed by atoms with Crippen LogP contribution in [0.5, 0.6) is 0 Å². The van der Waals surface area contributed by atoms with Crippen molar-refractivity contribution in [2.75, 3.05) is 0 Å². The van der Waals surface area contributed by atoms with Crippen LogP contribution in [0, 0.1) is 0 Å². The van der Waals surface area contributed by atoms with Gasteiger partial charge in [-0.25, -0.2) is 0 Å². The first-order valence-corrected chi connectivity index (χ1v) is 9.49. The third-order valence-electron chi connectivity index (χ3n) is 5.51. The van der Waals surface area contributed by atoms with Crippen LogP contribution in [-0.2, 0) is 10.8 Å². The van der Waals surface area contributed by atoms with Crippen LogP contribution >= 0.6 is 0 Å². The summed E-state index contributed by atoms with van der Waals surface area (Å²) in [5, 5.41) is 0. The fourth-order valence-electron chi connectivity index (χ4n) is 2.93. The summed E-state index contributed by atoms with van der Waals surface area (Å²) >= 11 is 0. The molecule has 0 aliphatic carbocycles. The highest BCUT2D eigenvalue weighted by atomic mass is 14.4. The van der Waals surface area contributed by atoms with Gasteiger partial charge in [-0.1, -0.05) is 128 Å². The average molecular weight is 325 g/mol. The lowest BCUT2D eigenvalue weighted by Gasteiger charge is -2.43. The molecule has 0 heteroatoms. The Kier molecular flexibility index (Phi) is 8.25. The molecule has 0 unspecified atom stereocenters. The number of benzene rings is 2. The number of rotatable bonds is 6. The van der Waals surface area contributed by atoms with Gasteiger partial charge in [-0.05, 0) is 22.0 Å². The molecule has 0 aliphatic rings. The van der Waals surface area contributed by atoms with E-state index in [-0.39, 0.29) is 10.8 Å². The molecule has 2 aromatic rings. The molecule has 0 atom stereocenters. The molecule has 0 aliphatic heterocycles. The monoisotopic (exact) mass is 324 g/mol. The number of unbranched alkanes of at least 4 members (excludes halogenated alkanes) is 3. The normalized spacial score (nSPS) is 11.6. The van der Waals surface area contributed by atoms with Gasteiger partial charge in [0.2, 0.25) is 0 Å². The van der Waals surface area contributed by atoms with Gasteiger partial charge in [-0.2, -0.15) is 0 Å². The Labute approximate surface area is 150 Å². The van der Waals surface area contributed by atoms with Gasteiger partial charge in [0.1, 0.15) is 0 Å². The lowest BCUT2D eigenvalue weighted by atomic mass is 9.61. The Bertz CT molecular complexity index is 496. The van der Waals surface area contributed by atoms with E-state index in [4.69, 9.17) is 0 Å². The van der Waals surface area contributed by atoms with E-state index < -0.39 is 0 Å². The van der Waals surface area contributed by atoms with E-state index in [9.17, 15) is 0 Å². The Morgan fingerprint density at radius 3 is 1.08 bits per heavy atom. The first kappa shape index (κ1) is 20.5. The summed E-state index contributed by atoms with van der Waals surface area (Å²) in [6, 6.07) is 21.6. The van der Waals surface area contributed by atoms with Crippen LogP contribution in [0.15, 0.2) is 60.7 Å². The van der Waals surface area contributed by atoms with E-state index >= 15 is 0 Å². The quantitative estimate of drug-likeness (QED) is 0.482. The zero-order chi connectivity index (χ0) is 18.1. The molecule has 132 valence electrons. The standard InChI is InChI=1S/C18H22.C6H14/c1-17(2,15-11-7-5-8-12-15)18(3,4)16-13-9-6-10-14-16;1-3-5-6-4-2/h5-14H,1-4H3;3-6H2,1-2H3. The molecule has 0 spiro atoms. The second kappa shape index (κ2) is 9.67. The highest BCUT2D eigenvalue weighted by Gasteiger charge is 2.39. The highest BCUT2D eigenvalue weighted by Crippen LogP contribution is 2.43. The zero-order valence-electron chi connectivity index (χ0n) is 16.6. The van der Waals surface area contributed by atoms with E-state index in [0.717, 1.165) is 0 Å². The van der Waals surface area contributed by atoms with Crippen molar-refractivity contribution in [2.24, 2.45) is 0 Å². The van der Waals surface area contributed by atoms with Gasteiger partial charge in [-0.15, -0.1) is 0 Å². The van der Waals surface area contributed by atoms with Crippen LogP contribution in [0.4, 0.5) is 0 Å². The SMILES string of the molecule is CC(C)(c1ccccc1)C(C)(C)c1ccccc1.CCCCCC. The summed E-state index contributed by atoms with van der Waals surface area (Å²) in [5.41, 5.74) is 2.96. The van der Waals surface area contributed by atoms with Crippen LogP contribution in [0.1, 0.15) is 78.4 Å². The molecule has 0 saturated heterocycles. The van der Waals surface area contributed by atoms with Crippen LogP contribution in [-0.4, -0.2) is 0 Å². The second-order valence-electron chi connectivity index (χ2n) is 7.69. The Morgan fingerprint density at radius 2 is 0.833 bits per heavy atom. The molecule has 2 rings (SSSR count). The summed E-state index contributed by atoms with van der Waals surface area (Å²) < 4.78 is 0. The third kappa shape index (κ3) is 5.23. The summed E-state index contributed by atoms with van der Waals surface area (Å²) in [6.07, 6.45) is 5.54. The maximum atomic E-state index is 2.33. The van der Waals surface area contributed by atoms with Gasteiger partial charge in [0.15, 0.2) is 0 Å². The predicted octanol–water partition coefficient (Wildman–Crippen LogP) is 7.53. The van der Waals surface area contributed by atoms with Crippen molar-refractivity contribution in [3.05, 3.63) is 71.8 Å². The van der Waals surface area contributed by atoms with Crippen LogP contribution in [0.2, 0.25) is 0 Å². The Morgan fingerprint density at radius 1 is 0.542 bits per heavy atom. The molecular weight excluding hydrogens is 288 g/mol. The number of hydrogen-bond donors (Lipinski definition) is 0. The Hall–Kier alpha value is -1.56. The summed E-state index contributed by atoms with van der Waals surface area (Å²) in [7, 11) is 0. The van der Waals surface area contributed by atoms with Crippen molar-refractivity contribution in [3.8, 4) is 0 Å². The molecule has 2 aromatic carbocycles. The average Bonchev–Trinajstić information content (AvgIpc) is 2.62. The minimum absolute atomic E-state index is 0.0929. The smallest absolute Gasteiger partial charge is 0.00120 e. The van der Waals surface area contributed by atoms with Crippen LogP contribution in [0.25, 0.3) is 0 Å². The van der Waals surface area contributed by atoms with Gasteiger partial charge in [0.25, 0.3) is 0 Å². The first-order chi connectivity index (χ1) is 11.4. The van der Waals surface area contributed by atoms with E-state index in [1.54, 1.807) is 0 Å². The van der Waals surface area contributed by atoms with Gasteiger partial charge in [0.05, 0.1) is 0 Å². The van der Waals surface area contributed by atoms with E-state index in [2.05, 4.69) is 102 Å². The zero-order valence-corrected chi connectivity index (χ0v) is 16.6. The largest absolute Gasteiger partial charge is 0.0654 e. The molecule has 0 fully saturated rings. The fourth-order valence-corrected chi connectivity index (χ4v) is 2.93. The molecular formula is C24H36. The lowest BCUT2D eigenvalue weighted by molar-refractivity contribution is 0.303. The minimum Gasteiger partial charge on any atom is -0.0654 e. The highest BCUT2D eigenvalue weighted by molar-refractivity contribution is 5.35. The van der Waals surface area contributed by atoms with Crippen molar-refractivity contribution < 1.29 is 0 Å². The molecule has 0 heterocycles. The second-order valence-corrected chi connectivity index (χ2v) is 7.69. The molecule has 24 heavy (non-hydrogen) atoms. The maximum Gasteiger partial charge on any atom is -0.00120 e. The first-order valence-electron chi connectivity index (χ1n) is 9.49. The third-order valence-corrected chi connectivity index (χ3v) is 5.51. The molecule has 0 N–H and O–H groups in total. The van der Waals surface area contributed by atoms with Gasteiger partial charge in [0, 0.05) is 0 Å². The Balaban J connectivity index is 0.000000413. The summed E-state index contributed by atoms with van der Waals surface area (Å²) in [6.45, 7) is 13.8. The maximum absolute atomic E-state index is 2.33. The van der Waals surface area contributed by atoms with E-state index in [0.29, 0.717) is 0 Å². The van der Waals surface area contributed by atoms with Crippen LogP contribution in [0.3, 0.4) is 0 Å². The van der Waals surface area contributed by atoms with Crippen LogP contribution < -0.4 is 0 Å². The molecule has 0 saturated carbocycles. The predicted molar refractivity (Wildman–Crippen MR) is 109 cm³/mol. The van der Waals surface area contributed by atoms with Gasteiger partial charge >= 0.3 is 0 Å². The van der Waals surface area contributed by atoms with Crippen molar-refractivity contribution >= 4 is 0 Å². The van der Waals surface area contributed by atoms with Crippen molar-refractivity contribution in [2.45, 2.75) is 78.1 Å². The molecule has 0 bridgehead atoms. The topological polar surface area (TPSA) is 0 Å². The van der Waals surface area contributed by atoms with Crippen molar-refractivity contribution in [3.63, 3.8) is 0 Å². The van der Waals surface area contributed by atoms with Gasteiger partial charge in [-0.3, -0.25) is 0 Å². The fraction of sp³-hybridized carbons (Fsp3) is 0.500. The molecule has 0 nitrogen and oxygen atoms in total. The number of hydrogen-bond acceptors (Lipinski definition) is 0.